The summed E-state index contributed by atoms with van der Waals surface area (Å²) in [6.07, 6.45) is 1.48. The molecular weight excluding hydrogens is 238 g/mol. The summed E-state index contributed by atoms with van der Waals surface area (Å²) < 4.78 is 2.13. The zero-order chi connectivity index (χ0) is 11.6. The number of hydrogen-bond acceptors (Lipinski definition) is 4. The van der Waals surface area contributed by atoms with Crippen molar-refractivity contribution in [3.05, 3.63) is 24.3 Å². The molecule has 0 aliphatic rings. The minimum absolute atomic E-state index is 0.673. The van der Waals surface area contributed by atoms with Crippen molar-refractivity contribution in [2.45, 2.75) is 36.0 Å². The first-order valence-corrected chi connectivity index (χ1v) is 7.07. The average molecular weight is 253 g/mol. The Morgan fingerprint density at radius 3 is 2.62 bits per heavy atom. The summed E-state index contributed by atoms with van der Waals surface area (Å²) in [4.78, 5) is 3.84. The van der Waals surface area contributed by atoms with Gasteiger partial charge in [0.2, 0.25) is 0 Å². The Balaban J connectivity index is 2.27. The normalized spacial score (nSPS) is 12.2. The summed E-state index contributed by atoms with van der Waals surface area (Å²) in [6.45, 7) is 4.01. The molecule has 0 fully saturated rings. The largest absolute Gasteiger partial charge is 0.379 e. The number of para-hydroxylation sites is 1. The second-order valence-electron chi connectivity index (χ2n) is 3.70. The predicted octanol–water partition coefficient (Wildman–Crippen LogP) is 3.90. The van der Waals surface area contributed by atoms with E-state index >= 15 is 0 Å². The van der Waals surface area contributed by atoms with E-state index in [9.17, 15) is 5.11 Å². The van der Waals surface area contributed by atoms with E-state index in [1.165, 1.54) is 16.5 Å². The summed E-state index contributed by atoms with van der Waals surface area (Å²) in [5, 5.41) is 10.2. The quantitative estimate of drug-likeness (QED) is 0.662. The number of thiazole rings is 1. The van der Waals surface area contributed by atoms with Crippen LogP contribution in [-0.2, 0) is 0 Å². The SMILES string of the molecule is CCC(O)(CC)Sc1nc2ccccc2s1. The summed E-state index contributed by atoms with van der Waals surface area (Å²) in [6, 6.07) is 8.07. The van der Waals surface area contributed by atoms with E-state index in [4.69, 9.17) is 0 Å². The first-order chi connectivity index (χ1) is 7.67. The summed E-state index contributed by atoms with van der Waals surface area (Å²) >= 11 is 3.13. The number of aliphatic hydroxyl groups is 1. The molecule has 0 radical (unpaired) electrons. The molecule has 0 saturated carbocycles. The number of nitrogens with zero attached hydrogens (tertiary/aromatic N) is 1. The van der Waals surface area contributed by atoms with E-state index in [1.807, 2.05) is 32.0 Å². The third kappa shape index (κ3) is 2.39. The summed E-state index contributed by atoms with van der Waals surface area (Å²) in [5.74, 6) is 0. The minimum Gasteiger partial charge on any atom is -0.379 e. The van der Waals surface area contributed by atoms with Crippen LogP contribution in [0.3, 0.4) is 0 Å². The zero-order valence-corrected chi connectivity index (χ0v) is 11.1. The fourth-order valence-corrected chi connectivity index (χ4v) is 3.81. The molecule has 86 valence electrons. The number of rotatable bonds is 4. The Morgan fingerprint density at radius 1 is 1.31 bits per heavy atom. The summed E-state index contributed by atoms with van der Waals surface area (Å²) in [5.41, 5.74) is 1.02. The van der Waals surface area contributed by atoms with Crippen molar-refractivity contribution in [2.24, 2.45) is 0 Å². The van der Waals surface area contributed by atoms with Crippen LogP contribution in [0.1, 0.15) is 26.7 Å². The molecule has 1 aromatic heterocycles. The number of hydrogen-bond donors (Lipinski definition) is 1. The highest BCUT2D eigenvalue weighted by Crippen LogP contribution is 2.39. The Labute approximate surface area is 104 Å². The fraction of sp³-hybridized carbons (Fsp3) is 0.417. The topological polar surface area (TPSA) is 33.1 Å². The van der Waals surface area contributed by atoms with Crippen LogP contribution in [-0.4, -0.2) is 15.0 Å². The van der Waals surface area contributed by atoms with E-state index in [1.54, 1.807) is 11.3 Å². The molecule has 0 atom stereocenters. The molecule has 2 nitrogen and oxygen atoms in total. The highest BCUT2D eigenvalue weighted by molar-refractivity contribution is 8.02. The van der Waals surface area contributed by atoms with Crippen LogP contribution < -0.4 is 0 Å². The van der Waals surface area contributed by atoms with Gasteiger partial charge in [-0.3, -0.25) is 0 Å². The molecule has 0 saturated heterocycles. The van der Waals surface area contributed by atoms with Crippen LogP contribution >= 0.6 is 23.1 Å². The molecule has 1 N–H and O–H groups in total. The van der Waals surface area contributed by atoms with E-state index in [0.717, 1.165) is 22.7 Å². The standard InChI is InChI=1S/C12H15NOS2/c1-3-12(14,4-2)16-11-13-9-7-5-6-8-10(9)15-11/h5-8,14H,3-4H2,1-2H3. The number of benzene rings is 1. The van der Waals surface area contributed by atoms with Gasteiger partial charge in [0.05, 0.1) is 10.2 Å². The van der Waals surface area contributed by atoms with E-state index in [0.29, 0.717) is 0 Å². The highest BCUT2D eigenvalue weighted by atomic mass is 32.2. The molecular formula is C12H15NOS2. The number of thioether (sulfide) groups is 1. The molecule has 1 heterocycles. The van der Waals surface area contributed by atoms with Gasteiger partial charge in [0.1, 0.15) is 4.93 Å². The maximum absolute atomic E-state index is 10.2. The maximum Gasteiger partial charge on any atom is 0.153 e. The van der Waals surface area contributed by atoms with Crippen molar-refractivity contribution >= 4 is 33.3 Å². The molecule has 16 heavy (non-hydrogen) atoms. The van der Waals surface area contributed by atoms with Gasteiger partial charge < -0.3 is 5.11 Å². The molecule has 0 aliphatic carbocycles. The Bertz CT molecular complexity index is 444. The van der Waals surface area contributed by atoms with Gasteiger partial charge in [-0.2, -0.15) is 0 Å². The molecule has 2 rings (SSSR count). The minimum atomic E-state index is -0.673. The van der Waals surface area contributed by atoms with Crippen molar-refractivity contribution in [3.63, 3.8) is 0 Å². The van der Waals surface area contributed by atoms with Crippen molar-refractivity contribution < 1.29 is 5.11 Å². The van der Waals surface area contributed by atoms with Gasteiger partial charge in [0.25, 0.3) is 0 Å². The van der Waals surface area contributed by atoms with Crippen LogP contribution in [0.15, 0.2) is 28.6 Å². The van der Waals surface area contributed by atoms with Crippen LogP contribution in [0.5, 0.6) is 0 Å². The van der Waals surface area contributed by atoms with Crippen LogP contribution in [0, 0.1) is 0 Å². The van der Waals surface area contributed by atoms with Crippen molar-refractivity contribution in [1.82, 2.24) is 4.98 Å². The Kier molecular flexibility index (Phi) is 3.52. The molecule has 0 spiro atoms. The van der Waals surface area contributed by atoms with Crippen molar-refractivity contribution in [2.75, 3.05) is 0 Å². The second-order valence-corrected chi connectivity index (χ2v) is 6.34. The lowest BCUT2D eigenvalue weighted by atomic mass is 10.2. The first kappa shape index (κ1) is 11.9. The smallest absolute Gasteiger partial charge is 0.153 e. The zero-order valence-electron chi connectivity index (χ0n) is 9.43. The lowest BCUT2D eigenvalue weighted by Gasteiger charge is -2.22. The third-order valence-electron chi connectivity index (χ3n) is 2.66. The molecule has 0 bridgehead atoms. The Morgan fingerprint density at radius 2 is 2.00 bits per heavy atom. The first-order valence-electron chi connectivity index (χ1n) is 5.44. The molecule has 2 aromatic rings. The van der Waals surface area contributed by atoms with E-state index in [2.05, 4.69) is 11.1 Å². The molecule has 1 aromatic carbocycles. The second kappa shape index (κ2) is 4.73. The lowest BCUT2D eigenvalue weighted by molar-refractivity contribution is 0.129. The fourth-order valence-electron chi connectivity index (χ4n) is 1.45. The van der Waals surface area contributed by atoms with Gasteiger partial charge in [-0.1, -0.05) is 37.7 Å². The van der Waals surface area contributed by atoms with Crippen LogP contribution in [0.4, 0.5) is 0 Å². The van der Waals surface area contributed by atoms with Crippen LogP contribution in [0.25, 0.3) is 10.2 Å². The van der Waals surface area contributed by atoms with E-state index in [-0.39, 0.29) is 0 Å². The monoisotopic (exact) mass is 253 g/mol. The number of fused-ring (bicyclic) bond motifs is 1. The molecule has 0 unspecified atom stereocenters. The lowest BCUT2D eigenvalue weighted by Crippen LogP contribution is -2.20. The van der Waals surface area contributed by atoms with Gasteiger partial charge >= 0.3 is 0 Å². The highest BCUT2D eigenvalue weighted by Gasteiger charge is 2.25. The van der Waals surface area contributed by atoms with Gasteiger partial charge in [-0.15, -0.1) is 11.3 Å². The van der Waals surface area contributed by atoms with Crippen molar-refractivity contribution in [3.8, 4) is 0 Å². The van der Waals surface area contributed by atoms with Gasteiger partial charge in [-0.05, 0) is 25.0 Å². The third-order valence-corrected chi connectivity index (χ3v) is 5.21. The number of aromatic nitrogens is 1. The van der Waals surface area contributed by atoms with E-state index < -0.39 is 4.93 Å². The molecule has 4 heteroatoms. The molecule has 0 aliphatic heterocycles. The Hall–Kier alpha value is -0.580. The predicted molar refractivity (Wildman–Crippen MR) is 71.0 cm³/mol. The van der Waals surface area contributed by atoms with Gasteiger partial charge in [-0.25, -0.2) is 4.98 Å². The van der Waals surface area contributed by atoms with Crippen molar-refractivity contribution in [1.29, 1.82) is 0 Å². The van der Waals surface area contributed by atoms with Gasteiger partial charge in [0, 0.05) is 0 Å². The average Bonchev–Trinajstić information content (AvgIpc) is 2.70. The summed E-state index contributed by atoms with van der Waals surface area (Å²) in [7, 11) is 0. The maximum atomic E-state index is 10.2. The van der Waals surface area contributed by atoms with Crippen LogP contribution in [0.2, 0.25) is 0 Å². The molecule has 0 amide bonds. The van der Waals surface area contributed by atoms with Gasteiger partial charge in [0.15, 0.2) is 4.34 Å².